The number of alkyl halides is 6. The highest BCUT2D eigenvalue weighted by Gasteiger charge is 2.36. The lowest BCUT2D eigenvalue weighted by molar-refractivity contribution is -0.138. The summed E-state index contributed by atoms with van der Waals surface area (Å²) < 4.78 is 97.5. The van der Waals surface area contributed by atoms with Crippen LogP contribution in [0.5, 0.6) is 0 Å². The van der Waals surface area contributed by atoms with E-state index in [2.05, 4.69) is 0 Å². The zero-order valence-corrected chi connectivity index (χ0v) is 27.5. The molecule has 2 aromatic heterocycles. The first-order valence-corrected chi connectivity index (χ1v) is 16.6. The maximum atomic E-state index is 14.1. The summed E-state index contributed by atoms with van der Waals surface area (Å²) in [7, 11) is 0. The second-order valence-electron chi connectivity index (χ2n) is 13.7. The van der Waals surface area contributed by atoms with Crippen molar-refractivity contribution in [2.24, 2.45) is 0 Å². The lowest BCUT2D eigenvalue weighted by atomic mass is 9.93. The summed E-state index contributed by atoms with van der Waals surface area (Å²) in [6.07, 6.45) is -9.07. The zero-order valence-electron chi connectivity index (χ0n) is 27.5. The van der Waals surface area contributed by atoms with Crippen LogP contribution in [-0.4, -0.2) is 0 Å². The largest absolute Gasteiger partial charge is 0.455 e. The molecule has 0 N–H and O–H groups in total. The average molecular weight is 699 g/mol. The summed E-state index contributed by atoms with van der Waals surface area (Å²) in [4.78, 5) is 0. The summed E-state index contributed by atoms with van der Waals surface area (Å²) in [6, 6.07) is 31.0. The molecule has 2 aliphatic rings. The second-order valence-corrected chi connectivity index (χ2v) is 13.7. The molecule has 0 fully saturated rings. The van der Waals surface area contributed by atoms with Crippen LogP contribution in [-0.2, 0) is 12.4 Å². The number of fused-ring (bicyclic) bond motifs is 11. The van der Waals surface area contributed by atoms with Gasteiger partial charge in [-0.15, -0.1) is 0 Å². The van der Waals surface area contributed by atoms with E-state index in [1.165, 1.54) is 12.1 Å². The van der Waals surface area contributed by atoms with Crippen LogP contribution in [0.4, 0.5) is 26.3 Å². The van der Waals surface area contributed by atoms with E-state index in [9.17, 15) is 26.3 Å². The van der Waals surface area contributed by atoms with Crippen LogP contribution in [0, 0.1) is 13.8 Å². The molecule has 0 spiro atoms. The fraction of sp³-hybridized carbons (Fsp3) is 0.0909. The van der Waals surface area contributed by atoms with Crippen molar-refractivity contribution in [3.8, 4) is 22.6 Å². The number of para-hydroxylation sites is 2. The third-order valence-corrected chi connectivity index (χ3v) is 10.2. The maximum absolute atomic E-state index is 14.1. The third kappa shape index (κ3) is 4.39. The second kappa shape index (κ2) is 10.3. The molecule has 8 aromatic rings. The number of halogens is 6. The Kier molecular flexibility index (Phi) is 6.09. The van der Waals surface area contributed by atoms with Crippen molar-refractivity contribution in [1.82, 2.24) is 0 Å². The first-order valence-electron chi connectivity index (χ1n) is 16.6. The predicted molar refractivity (Wildman–Crippen MR) is 189 cm³/mol. The van der Waals surface area contributed by atoms with Crippen LogP contribution in [0.2, 0.25) is 0 Å². The van der Waals surface area contributed by atoms with Gasteiger partial charge in [-0.1, -0.05) is 48.5 Å². The molecule has 0 saturated carbocycles. The van der Waals surface area contributed by atoms with Gasteiger partial charge in [0.05, 0.1) is 11.1 Å². The van der Waals surface area contributed by atoms with Crippen molar-refractivity contribution in [3.05, 3.63) is 164 Å². The number of hydrogen-bond donors (Lipinski definition) is 0. The van der Waals surface area contributed by atoms with E-state index in [1.807, 2.05) is 72.8 Å². The van der Waals surface area contributed by atoms with Crippen LogP contribution in [0.1, 0.15) is 44.5 Å². The van der Waals surface area contributed by atoms with Crippen molar-refractivity contribution < 1.29 is 35.2 Å². The quantitative estimate of drug-likeness (QED) is 0.168. The smallest absolute Gasteiger partial charge is 0.416 e. The molecule has 0 aliphatic heterocycles. The van der Waals surface area contributed by atoms with E-state index >= 15 is 0 Å². The van der Waals surface area contributed by atoms with E-state index in [-0.39, 0.29) is 0 Å². The monoisotopic (exact) mass is 698 g/mol. The highest BCUT2D eigenvalue weighted by molar-refractivity contribution is 6.10. The van der Waals surface area contributed by atoms with Gasteiger partial charge in [0.2, 0.25) is 0 Å². The number of rotatable bonds is 2. The number of hydrogen-bond acceptors (Lipinski definition) is 2. The molecule has 52 heavy (non-hydrogen) atoms. The molecular weight excluding hydrogens is 674 g/mol. The van der Waals surface area contributed by atoms with Crippen LogP contribution in [0.3, 0.4) is 0 Å². The highest BCUT2D eigenvalue weighted by atomic mass is 19.4. The average Bonchev–Trinajstić information content (AvgIpc) is 3.82. The predicted octanol–water partition coefficient (Wildman–Crippen LogP) is 11.4. The lowest BCUT2D eigenvalue weighted by Crippen LogP contribution is -2.11. The summed E-state index contributed by atoms with van der Waals surface area (Å²) in [5.41, 5.74) is 5.73. The van der Waals surface area contributed by atoms with Gasteiger partial charge in [-0.2, -0.15) is 26.3 Å². The molecule has 6 aromatic carbocycles. The summed E-state index contributed by atoms with van der Waals surface area (Å²) in [5, 5.41) is 4.61. The van der Waals surface area contributed by atoms with Gasteiger partial charge in [0.25, 0.3) is 0 Å². The standard InChI is InChI=1S/C44H24F6O2/c1-21-11-25(15-27(13-21)43(45,46)47)37-31-17-23-20-34-32(18-24(23)19-33(31)41-39(37)29-7-3-5-9-35(29)51-41)38(26-12-22(2)14-28(16-26)44(48,49)50)40-30-8-4-6-10-36(30)52-42(34)40/h3-20H,1-2H3. The molecule has 0 bridgehead atoms. The van der Waals surface area contributed by atoms with E-state index in [0.29, 0.717) is 56.1 Å². The molecule has 2 nitrogen and oxygen atoms in total. The molecule has 0 atom stereocenters. The van der Waals surface area contributed by atoms with Crippen LogP contribution >= 0.6 is 0 Å². The molecule has 0 saturated heterocycles. The molecular formula is C44H24F6O2. The Balaban J connectivity index is 1.32. The van der Waals surface area contributed by atoms with E-state index in [0.717, 1.165) is 66.4 Å². The molecule has 10 rings (SSSR count). The minimum Gasteiger partial charge on any atom is -0.455 e. The molecule has 2 heterocycles. The molecule has 254 valence electrons. The molecule has 0 unspecified atom stereocenters. The molecule has 2 aliphatic carbocycles. The minimum absolute atomic E-state index is 0.425. The van der Waals surface area contributed by atoms with Crippen LogP contribution < -0.4 is 10.4 Å². The van der Waals surface area contributed by atoms with Gasteiger partial charge in [-0.25, -0.2) is 0 Å². The first-order chi connectivity index (χ1) is 24.8. The van der Waals surface area contributed by atoms with Crippen molar-refractivity contribution in [1.29, 1.82) is 0 Å². The van der Waals surface area contributed by atoms with Gasteiger partial charge >= 0.3 is 12.4 Å². The van der Waals surface area contributed by atoms with Crippen molar-refractivity contribution in [2.75, 3.05) is 0 Å². The van der Waals surface area contributed by atoms with Gasteiger partial charge < -0.3 is 8.83 Å². The summed E-state index contributed by atoms with van der Waals surface area (Å²) in [6.45, 7) is 3.30. The van der Waals surface area contributed by atoms with Crippen LogP contribution in [0.25, 0.3) is 66.5 Å². The molecule has 0 radical (unpaired) electrons. The number of furan rings is 2. The van der Waals surface area contributed by atoms with Crippen molar-refractivity contribution >= 4 is 43.9 Å². The number of aryl methyl sites for hydroxylation is 2. The fourth-order valence-electron chi connectivity index (χ4n) is 8.16. The zero-order chi connectivity index (χ0) is 35.8. The van der Waals surface area contributed by atoms with E-state index in [4.69, 9.17) is 8.83 Å². The normalized spacial score (nSPS) is 13.7. The molecule has 8 heteroatoms. The number of benzene rings is 6. The Labute approximate surface area is 291 Å². The topological polar surface area (TPSA) is 26.3 Å². The van der Waals surface area contributed by atoms with Crippen molar-refractivity contribution in [3.63, 3.8) is 0 Å². The lowest BCUT2D eigenvalue weighted by Gasteiger charge is -2.12. The first kappa shape index (κ1) is 30.8. The van der Waals surface area contributed by atoms with Gasteiger partial charge in [-0.3, -0.25) is 0 Å². The Morgan fingerprint density at radius 1 is 0.462 bits per heavy atom. The molecule has 0 amide bonds. The third-order valence-electron chi connectivity index (χ3n) is 10.2. The van der Waals surface area contributed by atoms with Crippen LogP contribution in [0.15, 0.2) is 118 Å². The Morgan fingerprint density at radius 2 is 0.865 bits per heavy atom. The van der Waals surface area contributed by atoms with Gasteiger partial charge in [0.1, 0.15) is 22.7 Å². The van der Waals surface area contributed by atoms with E-state index < -0.39 is 23.5 Å². The highest BCUT2D eigenvalue weighted by Crippen LogP contribution is 2.47. The van der Waals surface area contributed by atoms with Gasteiger partial charge in [0, 0.05) is 44.2 Å². The minimum atomic E-state index is -4.54. The Hall–Kier alpha value is -6.02. The fourth-order valence-corrected chi connectivity index (χ4v) is 8.16. The van der Waals surface area contributed by atoms with E-state index in [1.54, 1.807) is 26.0 Å². The Morgan fingerprint density at radius 3 is 1.27 bits per heavy atom. The summed E-state index contributed by atoms with van der Waals surface area (Å²) >= 11 is 0. The van der Waals surface area contributed by atoms with Gasteiger partial charge in [-0.05, 0) is 118 Å². The SMILES string of the molecule is Cc1cc(C2=c3cc4cc5c(cc4cc3-c3oc4ccccc4c32)=C(c2cc(C)cc(C(F)(F)F)c2)c2c-5oc3ccccc23)cc(C(F)(F)F)c1. The maximum Gasteiger partial charge on any atom is 0.416 e. The summed E-state index contributed by atoms with van der Waals surface area (Å²) in [5.74, 6) is 1.11. The van der Waals surface area contributed by atoms with Crippen molar-refractivity contribution in [2.45, 2.75) is 26.2 Å². The Bertz CT molecular complexity index is 2800. The van der Waals surface area contributed by atoms with Gasteiger partial charge in [0.15, 0.2) is 0 Å².